The predicted molar refractivity (Wildman–Crippen MR) is 128 cm³/mol. The highest BCUT2D eigenvalue weighted by Crippen LogP contribution is 2.21. The summed E-state index contributed by atoms with van der Waals surface area (Å²) in [6.45, 7) is 6.42. The van der Waals surface area contributed by atoms with Crippen LogP contribution in [-0.2, 0) is 6.42 Å². The lowest BCUT2D eigenvalue weighted by Crippen LogP contribution is -2.43. The number of benzene rings is 1. The smallest absolute Gasteiger partial charge is 0.261 e. The van der Waals surface area contributed by atoms with Crippen LogP contribution in [0.5, 0.6) is 0 Å². The second-order valence-corrected chi connectivity index (χ2v) is 7.87. The van der Waals surface area contributed by atoms with E-state index in [0.717, 1.165) is 13.0 Å². The fourth-order valence-corrected chi connectivity index (χ4v) is 4.02. The molecule has 1 atom stereocenters. The Kier molecular flexibility index (Phi) is 9.09. The van der Waals surface area contributed by atoms with Crippen molar-refractivity contribution in [3.05, 3.63) is 57.8 Å². The predicted octanol–water partition coefficient (Wildman–Crippen LogP) is 3.40. The molecule has 1 aromatic carbocycles. The van der Waals surface area contributed by atoms with Crippen molar-refractivity contribution < 1.29 is 9.59 Å². The van der Waals surface area contributed by atoms with Crippen molar-refractivity contribution in [2.24, 2.45) is 10.9 Å². The van der Waals surface area contributed by atoms with Crippen molar-refractivity contribution in [3.63, 3.8) is 0 Å². The number of fused-ring (bicyclic) bond motifs is 1. The van der Waals surface area contributed by atoms with Gasteiger partial charge in [-0.05, 0) is 42.8 Å². The quantitative estimate of drug-likeness (QED) is 0.240. The van der Waals surface area contributed by atoms with Crippen LogP contribution < -0.4 is 10.6 Å². The summed E-state index contributed by atoms with van der Waals surface area (Å²) in [6.07, 6.45) is 1.01. The van der Waals surface area contributed by atoms with E-state index in [4.69, 9.17) is 0 Å². The van der Waals surface area contributed by atoms with Gasteiger partial charge in [-0.3, -0.25) is 19.5 Å². The van der Waals surface area contributed by atoms with Crippen LogP contribution in [0.2, 0.25) is 0 Å². The zero-order valence-electron chi connectivity index (χ0n) is 16.7. The van der Waals surface area contributed by atoms with E-state index in [-0.39, 0.29) is 35.8 Å². The molecule has 2 aromatic rings. The fraction of sp³-hybridized carbons (Fsp3) is 0.381. The Morgan fingerprint density at radius 1 is 1.10 bits per heavy atom. The average Bonchev–Trinajstić information content (AvgIpc) is 3.28. The largest absolute Gasteiger partial charge is 0.357 e. The van der Waals surface area contributed by atoms with Gasteiger partial charge in [0.2, 0.25) is 0 Å². The van der Waals surface area contributed by atoms with E-state index < -0.39 is 0 Å². The minimum atomic E-state index is -0.228. The summed E-state index contributed by atoms with van der Waals surface area (Å²) in [7, 11) is 0. The van der Waals surface area contributed by atoms with E-state index in [1.165, 1.54) is 9.78 Å². The third-order valence-corrected chi connectivity index (χ3v) is 5.44. The zero-order valence-corrected chi connectivity index (χ0v) is 19.8. The first-order valence-electron chi connectivity index (χ1n) is 9.60. The summed E-state index contributed by atoms with van der Waals surface area (Å²) >= 11 is 1.77. The minimum Gasteiger partial charge on any atom is -0.357 e. The van der Waals surface area contributed by atoms with Gasteiger partial charge >= 0.3 is 0 Å². The summed E-state index contributed by atoms with van der Waals surface area (Å²) in [4.78, 5) is 32.1. The standard InChI is InChI=1S/C21H26N4O2S.HI/c1-3-22-21(24-14-15(2)13-16-7-6-12-28-16)23-10-11-25-19(26)17-8-4-5-9-18(17)20(25)27;/h4-9,12,15H,3,10-11,13-14H2,1-2H3,(H2,22,23,24);1H. The highest BCUT2D eigenvalue weighted by Gasteiger charge is 2.34. The molecule has 1 aliphatic heterocycles. The lowest BCUT2D eigenvalue weighted by atomic mass is 10.1. The second kappa shape index (κ2) is 11.3. The van der Waals surface area contributed by atoms with Crippen LogP contribution in [-0.4, -0.2) is 48.9 Å². The molecule has 2 amide bonds. The van der Waals surface area contributed by atoms with Gasteiger partial charge < -0.3 is 10.6 Å². The van der Waals surface area contributed by atoms with Gasteiger partial charge in [0.05, 0.1) is 11.1 Å². The number of hydrogen-bond acceptors (Lipinski definition) is 4. The number of hydrogen-bond donors (Lipinski definition) is 2. The number of imide groups is 1. The number of carbonyl (C=O) groups excluding carboxylic acids is 2. The first kappa shape index (κ1) is 23.3. The molecule has 29 heavy (non-hydrogen) atoms. The molecule has 1 unspecified atom stereocenters. The molecule has 6 nitrogen and oxygen atoms in total. The molecule has 3 rings (SSSR count). The van der Waals surface area contributed by atoms with Crippen LogP contribution in [0.25, 0.3) is 0 Å². The van der Waals surface area contributed by atoms with Gasteiger partial charge in [-0.25, -0.2) is 0 Å². The Morgan fingerprint density at radius 3 is 2.38 bits per heavy atom. The number of nitrogens with zero attached hydrogens (tertiary/aromatic N) is 2. The van der Waals surface area contributed by atoms with E-state index in [9.17, 15) is 9.59 Å². The number of halogens is 1. The lowest BCUT2D eigenvalue weighted by Gasteiger charge is -2.17. The normalized spacial score (nSPS) is 14.4. The maximum Gasteiger partial charge on any atom is 0.261 e. The van der Waals surface area contributed by atoms with Crippen molar-refractivity contribution in [1.82, 2.24) is 15.5 Å². The number of carbonyl (C=O) groups is 2. The number of guanidine groups is 1. The molecule has 0 saturated heterocycles. The zero-order chi connectivity index (χ0) is 19.9. The summed E-state index contributed by atoms with van der Waals surface area (Å²) < 4.78 is 0. The molecular formula is C21H27IN4O2S. The van der Waals surface area contributed by atoms with E-state index in [1.54, 1.807) is 35.6 Å². The second-order valence-electron chi connectivity index (χ2n) is 6.84. The van der Waals surface area contributed by atoms with Crippen LogP contribution in [0, 0.1) is 5.92 Å². The van der Waals surface area contributed by atoms with Gasteiger partial charge in [0.1, 0.15) is 0 Å². The Labute approximate surface area is 192 Å². The molecule has 0 saturated carbocycles. The van der Waals surface area contributed by atoms with Crippen molar-refractivity contribution in [3.8, 4) is 0 Å². The topological polar surface area (TPSA) is 73.8 Å². The van der Waals surface area contributed by atoms with E-state index in [0.29, 0.717) is 42.6 Å². The highest BCUT2D eigenvalue weighted by molar-refractivity contribution is 14.0. The third-order valence-electron chi connectivity index (χ3n) is 4.54. The molecule has 0 bridgehead atoms. The molecule has 1 aliphatic rings. The fourth-order valence-electron chi connectivity index (χ4n) is 3.15. The molecule has 2 N–H and O–H groups in total. The molecule has 0 spiro atoms. The molecule has 0 fully saturated rings. The Morgan fingerprint density at radius 2 is 1.79 bits per heavy atom. The summed E-state index contributed by atoms with van der Waals surface area (Å²) in [5.74, 6) is 0.685. The van der Waals surface area contributed by atoms with Crippen molar-refractivity contribution >= 4 is 53.1 Å². The van der Waals surface area contributed by atoms with Gasteiger partial charge in [0, 0.05) is 31.1 Å². The van der Waals surface area contributed by atoms with Crippen LogP contribution in [0.4, 0.5) is 0 Å². The maximum atomic E-state index is 12.4. The number of thiophene rings is 1. The Hall–Kier alpha value is -1.94. The average molecular weight is 526 g/mol. The van der Waals surface area contributed by atoms with Gasteiger partial charge in [-0.15, -0.1) is 35.3 Å². The Bertz CT molecular complexity index is 819. The maximum absolute atomic E-state index is 12.4. The van der Waals surface area contributed by atoms with Crippen LogP contribution >= 0.6 is 35.3 Å². The number of rotatable bonds is 8. The van der Waals surface area contributed by atoms with Crippen molar-refractivity contribution in [2.45, 2.75) is 20.3 Å². The number of aliphatic imine (C=N–C) groups is 1. The minimum absolute atomic E-state index is 0. The number of nitrogens with one attached hydrogen (secondary N) is 2. The van der Waals surface area contributed by atoms with Gasteiger partial charge in [0.25, 0.3) is 11.8 Å². The lowest BCUT2D eigenvalue weighted by molar-refractivity contribution is 0.0657. The first-order valence-corrected chi connectivity index (χ1v) is 10.5. The SMILES string of the molecule is CCNC(=NCC(C)Cc1cccs1)NCCN1C(=O)c2ccccc2C1=O.I. The number of amides is 2. The molecule has 156 valence electrons. The molecular weight excluding hydrogens is 499 g/mol. The Balaban J connectivity index is 0.00000300. The molecule has 0 aliphatic carbocycles. The van der Waals surface area contributed by atoms with Gasteiger partial charge in [-0.1, -0.05) is 25.1 Å². The first-order chi connectivity index (χ1) is 13.6. The van der Waals surface area contributed by atoms with Crippen molar-refractivity contribution in [2.75, 3.05) is 26.2 Å². The van der Waals surface area contributed by atoms with E-state index >= 15 is 0 Å². The molecule has 8 heteroatoms. The van der Waals surface area contributed by atoms with E-state index in [2.05, 4.69) is 40.1 Å². The molecule has 2 heterocycles. The molecule has 0 radical (unpaired) electrons. The van der Waals surface area contributed by atoms with Gasteiger partial charge in [0.15, 0.2) is 5.96 Å². The van der Waals surface area contributed by atoms with E-state index in [1.807, 2.05) is 6.92 Å². The van der Waals surface area contributed by atoms with Crippen LogP contribution in [0.1, 0.15) is 39.4 Å². The molecule has 1 aromatic heterocycles. The third kappa shape index (κ3) is 6.02. The summed E-state index contributed by atoms with van der Waals surface area (Å²) in [5, 5.41) is 8.53. The van der Waals surface area contributed by atoms with Crippen LogP contribution in [0.15, 0.2) is 46.8 Å². The summed E-state index contributed by atoms with van der Waals surface area (Å²) in [6, 6.07) is 11.2. The van der Waals surface area contributed by atoms with Gasteiger partial charge in [-0.2, -0.15) is 0 Å². The summed E-state index contributed by atoms with van der Waals surface area (Å²) in [5.41, 5.74) is 0.964. The monoisotopic (exact) mass is 526 g/mol. The highest BCUT2D eigenvalue weighted by atomic mass is 127. The van der Waals surface area contributed by atoms with Crippen molar-refractivity contribution in [1.29, 1.82) is 0 Å². The van der Waals surface area contributed by atoms with Crippen LogP contribution in [0.3, 0.4) is 0 Å².